The lowest BCUT2D eigenvalue weighted by Gasteiger charge is -2.09. The van der Waals surface area contributed by atoms with Gasteiger partial charge in [-0.2, -0.15) is 0 Å². The van der Waals surface area contributed by atoms with Crippen LogP contribution in [0.3, 0.4) is 0 Å². The van der Waals surface area contributed by atoms with Crippen LogP contribution >= 0.6 is 39.0 Å². The summed E-state index contributed by atoms with van der Waals surface area (Å²) in [7, 11) is 1.67. The number of imidazole rings is 1. The molecule has 7 nitrogen and oxygen atoms in total. The smallest absolute Gasteiger partial charge is 0.354 e. The number of carboxylic acid groups (broad SMARTS) is 1. The van der Waals surface area contributed by atoms with Crippen molar-refractivity contribution in [2.75, 3.05) is 5.32 Å². The molecule has 0 saturated heterocycles. The Balaban J connectivity index is 1.92. The summed E-state index contributed by atoms with van der Waals surface area (Å²) in [6.45, 7) is 1.92. The molecule has 0 atom stereocenters. The van der Waals surface area contributed by atoms with E-state index in [0.29, 0.717) is 11.0 Å². The Morgan fingerprint density at radius 1 is 1.42 bits per heavy atom. The molecule has 0 amide bonds. The van der Waals surface area contributed by atoms with Gasteiger partial charge in [0.25, 0.3) is 0 Å². The molecule has 2 N–H and O–H groups in total. The summed E-state index contributed by atoms with van der Waals surface area (Å²) in [5.74, 6) is -0.377. The minimum atomic E-state index is -1.01. The first-order chi connectivity index (χ1) is 11.4. The van der Waals surface area contributed by atoms with Crippen molar-refractivity contribution in [2.45, 2.75) is 17.0 Å². The molecule has 3 heterocycles. The predicted octanol–water partition coefficient (Wildman–Crippen LogP) is 3.94. The first kappa shape index (κ1) is 16.9. The van der Waals surface area contributed by atoms with Gasteiger partial charge in [-0.1, -0.05) is 0 Å². The minimum absolute atomic E-state index is 0.130. The van der Waals surface area contributed by atoms with Crippen LogP contribution in [-0.4, -0.2) is 30.6 Å². The Labute approximate surface area is 154 Å². The number of rotatable bonds is 5. The first-order valence-corrected chi connectivity index (χ1v) is 9.20. The molecule has 0 unspecified atom stereocenters. The van der Waals surface area contributed by atoms with E-state index < -0.39 is 5.97 Å². The molecular weight excluding hydrogens is 414 g/mol. The third-order valence-electron chi connectivity index (χ3n) is 3.03. The van der Waals surface area contributed by atoms with Crippen LogP contribution in [0.25, 0.3) is 0 Å². The summed E-state index contributed by atoms with van der Waals surface area (Å²) in [5, 5.41) is 15.6. The van der Waals surface area contributed by atoms with E-state index in [0.717, 1.165) is 20.2 Å². The number of carbonyl (C=O) groups is 1. The van der Waals surface area contributed by atoms with Crippen molar-refractivity contribution in [3.05, 3.63) is 39.7 Å². The van der Waals surface area contributed by atoms with Crippen LogP contribution in [0, 0.1) is 6.92 Å². The second kappa shape index (κ2) is 6.91. The fourth-order valence-electron chi connectivity index (χ4n) is 1.89. The van der Waals surface area contributed by atoms with Crippen molar-refractivity contribution >= 4 is 55.9 Å². The van der Waals surface area contributed by atoms with Crippen molar-refractivity contribution in [2.24, 2.45) is 7.05 Å². The molecule has 0 bridgehead atoms. The summed E-state index contributed by atoms with van der Waals surface area (Å²) < 4.78 is 2.35. The van der Waals surface area contributed by atoms with E-state index >= 15 is 0 Å². The lowest BCUT2D eigenvalue weighted by atomic mass is 10.4. The van der Waals surface area contributed by atoms with E-state index in [1.807, 2.05) is 18.4 Å². The average molecular weight is 426 g/mol. The molecule has 0 aliphatic rings. The van der Waals surface area contributed by atoms with Crippen LogP contribution in [0.1, 0.15) is 16.2 Å². The van der Waals surface area contributed by atoms with Crippen LogP contribution in [0.5, 0.6) is 0 Å². The second-order valence-corrected chi connectivity index (χ2v) is 7.59. The van der Waals surface area contributed by atoms with Crippen LogP contribution in [0.15, 0.2) is 38.4 Å². The summed E-state index contributed by atoms with van der Waals surface area (Å²) in [6, 6.07) is 1.90. The normalized spacial score (nSPS) is 10.8. The maximum absolute atomic E-state index is 11.1. The molecular formula is C14H12BrN5O2S2. The SMILES string of the molecule is Cc1csc(Nc2ncc(Br)cc2Sc2ncc(C(=O)O)n2C)n1. The highest BCUT2D eigenvalue weighted by molar-refractivity contribution is 9.10. The number of halogens is 1. The van der Waals surface area contributed by atoms with Gasteiger partial charge < -0.3 is 15.0 Å². The van der Waals surface area contributed by atoms with E-state index in [4.69, 9.17) is 5.11 Å². The molecule has 0 aliphatic heterocycles. The van der Waals surface area contributed by atoms with Gasteiger partial charge in [0.15, 0.2) is 10.3 Å². The highest BCUT2D eigenvalue weighted by atomic mass is 79.9. The number of pyridine rings is 1. The van der Waals surface area contributed by atoms with Gasteiger partial charge in [-0.3, -0.25) is 0 Å². The highest BCUT2D eigenvalue weighted by Gasteiger charge is 2.16. The predicted molar refractivity (Wildman–Crippen MR) is 96.4 cm³/mol. The topological polar surface area (TPSA) is 92.9 Å². The monoisotopic (exact) mass is 425 g/mol. The number of hydrogen-bond acceptors (Lipinski definition) is 7. The molecule has 0 aliphatic carbocycles. The average Bonchev–Trinajstić information content (AvgIpc) is 3.09. The van der Waals surface area contributed by atoms with Crippen LogP contribution < -0.4 is 5.32 Å². The Morgan fingerprint density at radius 3 is 2.83 bits per heavy atom. The van der Waals surface area contributed by atoms with E-state index in [9.17, 15) is 4.79 Å². The molecule has 3 aromatic heterocycles. The lowest BCUT2D eigenvalue weighted by Crippen LogP contribution is -2.05. The molecule has 24 heavy (non-hydrogen) atoms. The Bertz CT molecular complexity index is 908. The molecule has 3 aromatic rings. The fraction of sp³-hybridized carbons (Fsp3) is 0.143. The number of carboxylic acids is 1. The molecule has 0 aromatic carbocycles. The highest BCUT2D eigenvalue weighted by Crippen LogP contribution is 2.35. The quantitative estimate of drug-likeness (QED) is 0.639. The van der Waals surface area contributed by atoms with Gasteiger partial charge in [0.2, 0.25) is 0 Å². The van der Waals surface area contributed by atoms with Crippen molar-refractivity contribution in [3.63, 3.8) is 0 Å². The van der Waals surface area contributed by atoms with Gasteiger partial charge in [0.05, 0.1) is 16.8 Å². The van der Waals surface area contributed by atoms with Crippen LogP contribution in [-0.2, 0) is 7.05 Å². The fourth-order valence-corrected chi connectivity index (χ4v) is 3.98. The number of hydrogen-bond donors (Lipinski definition) is 2. The number of aromatic nitrogens is 4. The molecule has 0 spiro atoms. The summed E-state index contributed by atoms with van der Waals surface area (Å²) in [4.78, 5) is 24.9. The summed E-state index contributed by atoms with van der Waals surface area (Å²) in [5.41, 5.74) is 1.06. The van der Waals surface area contributed by atoms with E-state index in [-0.39, 0.29) is 5.69 Å². The van der Waals surface area contributed by atoms with E-state index in [2.05, 4.69) is 36.2 Å². The number of nitrogens with zero attached hydrogens (tertiary/aromatic N) is 4. The molecule has 0 radical (unpaired) electrons. The van der Waals surface area contributed by atoms with Crippen molar-refractivity contribution < 1.29 is 9.90 Å². The van der Waals surface area contributed by atoms with Crippen molar-refractivity contribution in [3.8, 4) is 0 Å². The Hall–Kier alpha value is -1.91. The molecule has 10 heteroatoms. The zero-order valence-electron chi connectivity index (χ0n) is 12.6. The van der Waals surface area contributed by atoms with Crippen molar-refractivity contribution in [1.82, 2.24) is 19.5 Å². The van der Waals surface area contributed by atoms with Gasteiger partial charge in [0.1, 0.15) is 11.5 Å². The minimum Gasteiger partial charge on any atom is -0.477 e. The Morgan fingerprint density at radius 2 is 2.21 bits per heavy atom. The van der Waals surface area contributed by atoms with E-state index in [1.54, 1.807) is 13.2 Å². The van der Waals surface area contributed by atoms with Gasteiger partial charge in [-0.05, 0) is 40.7 Å². The third kappa shape index (κ3) is 3.60. The number of aryl methyl sites for hydroxylation is 1. The number of anilines is 2. The van der Waals surface area contributed by atoms with E-state index in [1.165, 1.54) is 33.9 Å². The maximum Gasteiger partial charge on any atom is 0.354 e. The van der Waals surface area contributed by atoms with Gasteiger partial charge in [-0.15, -0.1) is 11.3 Å². The summed E-state index contributed by atoms with van der Waals surface area (Å²) in [6.07, 6.45) is 3.03. The number of aromatic carboxylic acids is 1. The third-order valence-corrected chi connectivity index (χ3v) is 5.43. The van der Waals surface area contributed by atoms with Crippen molar-refractivity contribution in [1.29, 1.82) is 0 Å². The molecule has 0 saturated carbocycles. The number of nitrogens with one attached hydrogen (secondary N) is 1. The van der Waals surface area contributed by atoms with Gasteiger partial charge in [0, 0.05) is 23.1 Å². The molecule has 3 rings (SSSR count). The second-order valence-electron chi connectivity index (χ2n) is 4.81. The largest absolute Gasteiger partial charge is 0.477 e. The maximum atomic E-state index is 11.1. The number of thiazole rings is 1. The van der Waals surface area contributed by atoms with Gasteiger partial charge >= 0.3 is 5.97 Å². The lowest BCUT2D eigenvalue weighted by molar-refractivity contribution is 0.0685. The van der Waals surface area contributed by atoms with Crippen LogP contribution in [0.4, 0.5) is 10.9 Å². The molecule has 0 fully saturated rings. The van der Waals surface area contributed by atoms with Gasteiger partial charge in [-0.25, -0.2) is 19.7 Å². The molecule has 124 valence electrons. The Kier molecular flexibility index (Phi) is 4.88. The summed E-state index contributed by atoms with van der Waals surface area (Å²) >= 11 is 6.23. The standard InChI is InChI=1S/C14H12BrN5O2S2/c1-7-6-23-13(18-7)19-11-10(3-8(15)4-16-11)24-14-17-5-9(12(21)22)20(14)2/h3-6H,1-2H3,(H,21,22)(H,16,18,19). The van der Waals surface area contributed by atoms with Crippen LogP contribution in [0.2, 0.25) is 0 Å². The zero-order chi connectivity index (χ0) is 17.3. The first-order valence-electron chi connectivity index (χ1n) is 6.71. The zero-order valence-corrected chi connectivity index (χ0v) is 15.9.